The van der Waals surface area contributed by atoms with E-state index < -0.39 is 0 Å². The summed E-state index contributed by atoms with van der Waals surface area (Å²) in [4.78, 5) is 4.97. The summed E-state index contributed by atoms with van der Waals surface area (Å²) in [7, 11) is 0. The molecule has 0 bridgehead atoms. The molecule has 0 amide bonds. The first-order chi connectivity index (χ1) is 28.8. The van der Waals surface area contributed by atoms with Crippen molar-refractivity contribution in [3.63, 3.8) is 0 Å². The smallest absolute Gasteiger partial charge is 0.128 e. The summed E-state index contributed by atoms with van der Waals surface area (Å²) in [5.41, 5.74) is 6.91. The molecule has 58 heavy (non-hydrogen) atoms. The molecule has 1 aliphatic rings. The Morgan fingerprint density at radius 3 is 1.12 bits per heavy atom. The fourth-order valence-electron chi connectivity index (χ4n) is 8.43. The lowest BCUT2D eigenvalue weighted by molar-refractivity contribution is 0.298. The van der Waals surface area contributed by atoms with E-state index in [0.717, 1.165) is 33.8 Å². The quantitative estimate of drug-likeness (QED) is 0.153. The monoisotopic (exact) mass is 780 g/mol. The Morgan fingerprint density at radius 2 is 0.672 bits per heavy atom. The minimum absolute atomic E-state index is 0.436. The third-order valence-electron chi connectivity index (χ3n) is 11.2. The molecule has 276 valence electrons. The number of fused-ring (bicyclic) bond motifs is 6. The van der Waals surface area contributed by atoms with Gasteiger partial charge >= 0.3 is 0 Å². The average molecular weight is 781 g/mol. The Balaban J connectivity index is 0.977. The molecule has 4 heteroatoms. The van der Waals surface area contributed by atoms with E-state index in [-0.39, 0.29) is 0 Å². The molecule has 0 saturated carbocycles. The first-order valence-corrected chi connectivity index (χ1v) is 21.2. The van der Waals surface area contributed by atoms with Gasteiger partial charge in [-0.3, -0.25) is 0 Å². The Labute approximate surface area is 346 Å². The summed E-state index contributed by atoms with van der Waals surface area (Å²) in [5, 5.41) is 9.60. The molecule has 10 aromatic rings. The largest absolute Gasteiger partial charge is 0.488 e. The second-order valence-corrected chi connectivity index (χ2v) is 16.7. The lowest BCUT2D eigenvalue weighted by Crippen LogP contribution is -2.06. The number of ether oxygens (including phenoxy) is 2. The van der Waals surface area contributed by atoms with Gasteiger partial charge in [-0.05, 0) is 78.5 Å². The highest BCUT2D eigenvalue weighted by Crippen LogP contribution is 2.52. The van der Waals surface area contributed by atoms with Gasteiger partial charge in [0.1, 0.15) is 24.7 Å². The molecule has 0 fully saturated rings. The SMILES string of the molecule is c1ccc2c(c1)Sc1c(COc3ccc4ccccc4c3-c3cccc4ccccc34)ccc(COc3ccc4ccccc4c3-c3cccc4ccccc34)c1S2. The van der Waals surface area contributed by atoms with Gasteiger partial charge in [0.05, 0.1) is 0 Å². The molecule has 0 unspecified atom stereocenters. The van der Waals surface area contributed by atoms with Crippen LogP contribution in [0.25, 0.3) is 65.3 Å². The van der Waals surface area contributed by atoms with Gasteiger partial charge in [0.2, 0.25) is 0 Å². The summed E-state index contributed by atoms with van der Waals surface area (Å²) >= 11 is 3.66. The standard InChI is InChI=1S/C54H36O2S2/c1-5-19-41-35(13-1)17-11-23-45(41)51-43-21-7-3-15-37(43)29-31-47(51)55-33-39-27-28-40(54-53(39)57-49-25-9-10-26-50(49)58-54)34-56-48-32-30-38-16-4-8-22-44(38)52(48)46-24-12-18-36-14-2-6-20-42(36)46/h1-32H,33-34H2. The molecule has 0 spiro atoms. The van der Waals surface area contributed by atoms with Crippen LogP contribution in [0.1, 0.15) is 11.1 Å². The highest BCUT2D eigenvalue weighted by atomic mass is 32.2. The third-order valence-corrected chi connectivity index (χ3v) is 14.0. The Bertz CT molecular complexity index is 2980. The predicted octanol–water partition coefficient (Wildman–Crippen LogP) is 15.4. The van der Waals surface area contributed by atoms with Crippen molar-refractivity contribution < 1.29 is 9.47 Å². The van der Waals surface area contributed by atoms with Crippen LogP contribution < -0.4 is 9.47 Å². The lowest BCUT2D eigenvalue weighted by Gasteiger charge is -2.25. The zero-order valence-electron chi connectivity index (χ0n) is 31.5. The van der Waals surface area contributed by atoms with Gasteiger partial charge in [-0.1, -0.05) is 193 Å². The fourth-order valence-corrected chi connectivity index (χ4v) is 11.0. The Hall–Kier alpha value is -6.46. The summed E-state index contributed by atoms with van der Waals surface area (Å²) in [6, 6.07) is 69.3. The van der Waals surface area contributed by atoms with Crippen LogP contribution in [-0.4, -0.2) is 0 Å². The molecule has 1 heterocycles. The van der Waals surface area contributed by atoms with Gasteiger partial charge < -0.3 is 9.47 Å². The summed E-state index contributed by atoms with van der Waals surface area (Å²) in [6.07, 6.45) is 0. The molecule has 0 aromatic heterocycles. The van der Waals surface area contributed by atoms with Gasteiger partial charge in [-0.15, -0.1) is 0 Å². The van der Waals surface area contributed by atoms with Crippen molar-refractivity contribution in [3.8, 4) is 33.8 Å². The molecular formula is C54H36O2S2. The van der Waals surface area contributed by atoms with Crippen molar-refractivity contribution in [2.24, 2.45) is 0 Å². The van der Waals surface area contributed by atoms with Gasteiger partial charge in [0, 0.05) is 41.8 Å². The number of hydrogen-bond acceptors (Lipinski definition) is 4. The van der Waals surface area contributed by atoms with Crippen molar-refractivity contribution in [3.05, 3.63) is 205 Å². The topological polar surface area (TPSA) is 18.5 Å². The molecular weight excluding hydrogens is 745 g/mol. The van der Waals surface area contributed by atoms with E-state index in [2.05, 4.69) is 194 Å². The van der Waals surface area contributed by atoms with E-state index in [1.54, 1.807) is 0 Å². The van der Waals surface area contributed by atoms with Crippen molar-refractivity contribution >= 4 is 66.6 Å². The van der Waals surface area contributed by atoms with Crippen LogP contribution >= 0.6 is 23.5 Å². The maximum Gasteiger partial charge on any atom is 0.128 e. The molecule has 0 aliphatic carbocycles. The van der Waals surface area contributed by atoms with Crippen LogP contribution in [0.2, 0.25) is 0 Å². The van der Waals surface area contributed by atoms with Gasteiger partial charge in [-0.25, -0.2) is 0 Å². The second-order valence-electron chi connectivity index (χ2n) is 14.6. The number of rotatable bonds is 8. The van der Waals surface area contributed by atoms with Crippen molar-refractivity contribution in [1.82, 2.24) is 0 Å². The molecule has 10 aromatic carbocycles. The van der Waals surface area contributed by atoms with E-state index in [1.807, 2.05) is 23.5 Å². The maximum atomic E-state index is 6.94. The molecule has 0 radical (unpaired) electrons. The van der Waals surface area contributed by atoms with Crippen LogP contribution in [0, 0.1) is 0 Å². The third kappa shape index (κ3) is 6.17. The van der Waals surface area contributed by atoms with Crippen LogP contribution in [-0.2, 0) is 13.2 Å². The first-order valence-electron chi connectivity index (χ1n) is 19.6. The molecule has 0 saturated heterocycles. The van der Waals surface area contributed by atoms with Crippen LogP contribution in [0.5, 0.6) is 11.5 Å². The first kappa shape index (κ1) is 34.8. The molecule has 2 nitrogen and oxygen atoms in total. The predicted molar refractivity (Wildman–Crippen MR) is 244 cm³/mol. The van der Waals surface area contributed by atoms with E-state index in [4.69, 9.17) is 9.47 Å². The van der Waals surface area contributed by atoms with Gasteiger partial charge in [-0.2, -0.15) is 0 Å². The number of benzene rings is 10. The van der Waals surface area contributed by atoms with Crippen molar-refractivity contribution in [1.29, 1.82) is 0 Å². The fraction of sp³-hybridized carbons (Fsp3) is 0.0370. The Kier molecular flexibility index (Phi) is 8.87. The average Bonchev–Trinajstić information content (AvgIpc) is 3.29. The van der Waals surface area contributed by atoms with E-state index in [1.165, 1.54) is 73.8 Å². The van der Waals surface area contributed by atoms with Crippen molar-refractivity contribution in [2.45, 2.75) is 32.8 Å². The molecule has 0 N–H and O–H groups in total. The lowest BCUT2D eigenvalue weighted by atomic mass is 9.93. The second kappa shape index (κ2) is 14.8. The molecule has 1 aliphatic heterocycles. The minimum Gasteiger partial charge on any atom is -0.488 e. The highest BCUT2D eigenvalue weighted by Gasteiger charge is 2.24. The summed E-state index contributed by atoms with van der Waals surface area (Å²) in [6.45, 7) is 0.871. The van der Waals surface area contributed by atoms with Crippen molar-refractivity contribution in [2.75, 3.05) is 0 Å². The highest BCUT2D eigenvalue weighted by molar-refractivity contribution is 8.05. The van der Waals surface area contributed by atoms with Crippen LogP contribution in [0.4, 0.5) is 0 Å². The normalized spacial score (nSPS) is 12.1. The van der Waals surface area contributed by atoms with E-state index in [9.17, 15) is 0 Å². The zero-order valence-corrected chi connectivity index (χ0v) is 33.2. The summed E-state index contributed by atoms with van der Waals surface area (Å²) in [5.74, 6) is 1.75. The molecule has 11 rings (SSSR count). The zero-order chi connectivity index (χ0) is 38.4. The van der Waals surface area contributed by atoms with Gasteiger partial charge in [0.25, 0.3) is 0 Å². The van der Waals surface area contributed by atoms with Gasteiger partial charge in [0.15, 0.2) is 0 Å². The van der Waals surface area contributed by atoms with E-state index >= 15 is 0 Å². The Morgan fingerprint density at radius 1 is 0.310 bits per heavy atom. The summed E-state index contributed by atoms with van der Waals surface area (Å²) < 4.78 is 13.9. The molecule has 0 atom stereocenters. The van der Waals surface area contributed by atoms with Crippen LogP contribution in [0.3, 0.4) is 0 Å². The number of hydrogen-bond donors (Lipinski definition) is 0. The van der Waals surface area contributed by atoms with E-state index in [0.29, 0.717) is 13.2 Å². The maximum absolute atomic E-state index is 6.94. The van der Waals surface area contributed by atoms with Crippen LogP contribution in [0.15, 0.2) is 214 Å². The minimum atomic E-state index is 0.436.